The summed E-state index contributed by atoms with van der Waals surface area (Å²) in [5.41, 5.74) is 3.19. The van der Waals surface area contributed by atoms with Crippen LogP contribution in [0.2, 0.25) is 5.02 Å². The van der Waals surface area contributed by atoms with Gasteiger partial charge in [0.05, 0.1) is 12.3 Å². The van der Waals surface area contributed by atoms with Crippen LogP contribution in [0.5, 0.6) is 0 Å². The van der Waals surface area contributed by atoms with Crippen molar-refractivity contribution in [3.05, 3.63) is 29.3 Å². The van der Waals surface area contributed by atoms with Crippen LogP contribution >= 0.6 is 11.6 Å². The third-order valence-corrected chi connectivity index (χ3v) is 11.3. The predicted octanol–water partition coefficient (Wildman–Crippen LogP) is 6.28. The number of carbonyl (C=O) groups is 4. The number of halogens is 1. The highest BCUT2D eigenvalue weighted by atomic mass is 35.5. The first-order chi connectivity index (χ1) is 19.0. The molecule has 0 heterocycles. The zero-order valence-corrected chi connectivity index (χ0v) is 24.8. The van der Waals surface area contributed by atoms with Gasteiger partial charge in [0.2, 0.25) is 0 Å². The van der Waals surface area contributed by atoms with E-state index in [1.165, 1.54) is 0 Å². The molecule has 5 rings (SSSR count). The number of fused-ring (bicyclic) bond motifs is 5. The Kier molecular flexibility index (Phi) is 7.99. The minimum atomic E-state index is -0.618. The van der Waals surface area contributed by atoms with Crippen molar-refractivity contribution in [1.82, 2.24) is 0 Å². The number of nitrogens with one attached hydrogen (secondary N) is 1. The van der Waals surface area contributed by atoms with Crippen molar-refractivity contribution in [2.75, 3.05) is 12.0 Å². The van der Waals surface area contributed by atoms with E-state index in [0.29, 0.717) is 42.8 Å². The first-order valence-electron chi connectivity index (χ1n) is 14.8. The van der Waals surface area contributed by atoms with E-state index in [0.717, 1.165) is 19.3 Å². The van der Waals surface area contributed by atoms with Crippen LogP contribution in [0.1, 0.15) is 79.1 Å². The summed E-state index contributed by atoms with van der Waals surface area (Å²) in [5, 5.41) is 5.03. The lowest BCUT2D eigenvalue weighted by Gasteiger charge is -2.58. The Balaban J connectivity index is 1.37. The molecule has 40 heavy (non-hydrogen) atoms. The number of benzene rings is 1. The number of hydrogen-bond donors (Lipinski definition) is 1. The van der Waals surface area contributed by atoms with Crippen molar-refractivity contribution in [2.24, 2.45) is 51.4 Å². The van der Waals surface area contributed by atoms with E-state index in [1.54, 1.807) is 31.2 Å². The van der Waals surface area contributed by atoms with E-state index < -0.39 is 11.4 Å². The van der Waals surface area contributed by atoms with E-state index in [-0.39, 0.29) is 70.6 Å². The SMILES string of the molecule is CCOC(=O)/C(C[C@@H](C)[C@H]1CC[C@H]2[C@@H]3C(=O)C[C@@H]4CC(=O)CC[C@]4(C)[C@H]3CC(=O)[C@]12C)=N\Nc1ccc(Cl)cc1. The monoisotopic (exact) mass is 568 g/mol. The summed E-state index contributed by atoms with van der Waals surface area (Å²) >= 11 is 5.99. The number of hydrazone groups is 1. The maximum atomic E-state index is 14.1. The second-order valence-electron chi connectivity index (χ2n) is 13.0. The summed E-state index contributed by atoms with van der Waals surface area (Å²) in [6.45, 7) is 8.39. The molecule has 0 aliphatic heterocycles. The summed E-state index contributed by atoms with van der Waals surface area (Å²) in [5.74, 6) is 0.252. The van der Waals surface area contributed by atoms with Gasteiger partial charge in [-0.1, -0.05) is 32.4 Å². The lowest BCUT2D eigenvalue weighted by atomic mass is 9.44. The number of anilines is 1. The van der Waals surface area contributed by atoms with Crippen LogP contribution in [0, 0.1) is 46.3 Å². The standard InChI is InChI=1S/C32H41ClN2O5/c1-5-40-30(39)26(35-34-21-8-6-20(33)7-9-21)14-18(2)23-10-11-24-29-25(17-28(38)32(23,24)4)31(3)13-12-22(36)15-19(31)16-27(29)37/h6-9,18-19,23-25,29,34H,5,10-17H2,1-4H3/b35-26-/t18-,19+,23-,24+,25+,29+,31+,32-/m1/s1. The van der Waals surface area contributed by atoms with E-state index in [1.807, 2.05) is 0 Å². The maximum Gasteiger partial charge on any atom is 0.354 e. The molecular formula is C32H41ClN2O5. The highest BCUT2D eigenvalue weighted by Gasteiger charge is 2.66. The Morgan fingerprint density at radius 3 is 2.52 bits per heavy atom. The van der Waals surface area contributed by atoms with E-state index >= 15 is 0 Å². The zero-order valence-electron chi connectivity index (χ0n) is 24.0. The van der Waals surface area contributed by atoms with Crippen LogP contribution in [-0.2, 0) is 23.9 Å². The summed E-state index contributed by atoms with van der Waals surface area (Å²) in [7, 11) is 0. The van der Waals surface area contributed by atoms with Crippen molar-refractivity contribution < 1.29 is 23.9 Å². The average molecular weight is 569 g/mol. The van der Waals surface area contributed by atoms with Crippen molar-refractivity contribution in [2.45, 2.75) is 79.1 Å². The second kappa shape index (κ2) is 11.0. The van der Waals surface area contributed by atoms with Crippen LogP contribution in [0.15, 0.2) is 29.4 Å². The van der Waals surface area contributed by atoms with Crippen molar-refractivity contribution in [3.8, 4) is 0 Å². The van der Waals surface area contributed by atoms with E-state index in [4.69, 9.17) is 16.3 Å². The molecule has 216 valence electrons. The molecule has 0 aromatic heterocycles. The molecule has 0 radical (unpaired) electrons. The molecule has 4 fully saturated rings. The van der Waals surface area contributed by atoms with Crippen molar-refractivity contribution >= 4 is 46.3 Å². The van der Waals surface area contributed by atoms with Crippen LogP contribution in [0.3, 0.4) is 0 Å². The van der Waals surface area contributed by atoms with Crippen LogP contribution in [0.4, 0.5) is 5.69 Å². The van der Waals surface area contributed by atoms with Crippen molar-refractivity contribution in [1.29, 1.82) is 0 Å². The number of carbonyl (C=O) groups excluding carboxylic acids is 4. The summed E-state index contributed by atoms with van der Waals surface area (Å²) < 4.78 is 5.32. The molecule has 4 aliphatic carbocycles. The molecule has 1 N–H and O–H groups in total. The van der Waals surface area contributed by atoms with Crippen LogP contribution in [-0.4, -0.2) is 35.6 Å². The predicted molar refractivity (Wildman–Crippen MR) is 154 cm³/mol. The number of esters is 1. The molecule has 4 saturated carbocycles. The molecule has 4 aliphatic rings. The Morgan fingerprint density at radius 2 is 1.82 bits per heavy atom. The first kappa shape index (κ1) is 29.0. The molecule has 1 aromatic rings. The van der Waals surface area contributed by atoms with Gasteiger partial charge < -0.3 is 4.74 Å². The summed E-state index contributed by atoms with van der Waals surface area (Å²) in [6, 6.07) is 7.06. The minimum absolute atomic E-state index is 0.00396. The quantitative estimate of drug-likeness (QED) is 0.236. The Morgan fingerprint density at radius 1 is 1.10 bits per heavy atom. The summed E-state index contributed by atoms with van der Waals surface area (Å²) in [6.07, 6.45) is 4.71. The molecule has 0 spiro atoms. The van der Waals surface area contributed by atoms with Gasteiger partial charge in [0.1, 0.15) is 23.1 Å². The zero-order chi connectivity index (χ0) is 28.8. The minimum Gasteiger partial charge on any atom is -0.461 e. The summed E-state index contributed by atoms with van der Waals surface area (Å²) in [4.78, 5) is 52.9. The number of Topliss-reactive ketones (excluding diaryl/α,β-unsaturated/α-hetero) is 3. The topological polar surface area (TPSA) is 102 Å². The van der Waals surface area contributed by atoms with Gasteiger partial charge in [-0.3, -0.25) is 19.8 Å². The number of ketones is 3. The molecule has 1 aromatic carbocycles. The number of rotatable bonds is 7. The highest BCUT2D eigenvalue weighted by Crippen LogP contribution is 2.66. The van der Waals surface area contributed by atoms with Gasteiger partial charge in [0.15, 0.2) is 0 Å². The fourth-order valence-electron chi connectivity index (χ4n) is 8.88. The fourth-order valence-corrected chi connectivity index (χ4v) is 9.01. The van der Waals surface area contributed by atoms with Crippen LogP contribution < -0.4 is 5.43 Å². The lowest BCUT2D eigenvalue weighted by Crippen LogP contribution is -2.60. The third kappa shape index (κ3) is 4.93. The Bertz CT molecular complexity index is 1230. The molecule has 7 nitrogen and oxygen atoms in total. The van der Waals surface area contributed by atoms with Gasteiger partial charge in [-0.2, -0.15) is 5.10 Å². The van der Waals surface area contributed by atoms with Gasteiger partial charge in [-0.15, -0.1) is 0 Å². The van der Waals surface area contributed by atoms with Gasteiger partial charge in [-0.05, 0) is 85.5 Å². The second-order valence-corrected chi connectivity index (χ2v) is 13.5. The lowest BCUT2D eigenvalue weighted by molar-refractivity contribution is -0.166. The number of ether oxygens (including phenoxy) is 1. The molecule has 0 saturated heterocycles. The number of hydrogen-bond acceptors (Lipinski definition) is 7. The average Bonchev–Trinajstić information content (AvgIpc) is 3.27. The number of nitrogens with zero attached hydrogens (tertiary/aromatic N) is 1. The molecule has 0 unspecified atom stereocenters. The smallest absolute Gasteiger partial charge is 0.354 e. The highest BCUT2D eigenvalue weighted by molar-refractivity contribution is 6.36. The largest absolute Gasteiger partial charge is 0.461 e. The third-order valence-electron chi connectivity index (χ3n) is 11.1. The van der Waals surface area contributed by atoms with Crippen LogP contribution in [0.25, 0.3) is 0 Å². The van der Waals surface area contributed by atoms with Gasteiger partial charge in [-0.25, -0.2) is 4.79 Å². The molecule has 0 amide bonds. The maximum absolute atomic E-state index is 14.1. The fraction of sp³-hybridized carbons (Fsp3) is 0.656. The first-order valence-corrected chi connectivity index (χ1v) is 15.2. The molecule has 8 atom stereocenters. The van der Waals surface area contributed by atoms with E-state index in [2.05, 4.69) is 31.3 Å². The van der Waals surface area contributed by atoms with Crippen molar-refractivity contribution in [3.63, 3.8) is 0 Å². The van der Waals surface area contributed by atoms with Gasteiger partial charge in [0, 0.05) is 48.5 Å². The Labute approximate surface area is 241 Å². The Hall–Kier alpha value is -2.54. The molecule has 8 heteroatoms. The normalized spacial score (nSPS) is 36.4. The molecular weight excluding hydrogens is 528 g/mol. The van der Waals surface area contributed by atoms with Gasteiger partial charge >= 0.3 is 5.97 Å². The van der Waals surface area contributed by atoms with Gasteiger partial charge in [0.25, 0.3) is 0 Å². The van der Waals surface area contributed by atoms with E-state index in [9.17, 15) is 19.2 Å². The molecule has 0 bridgehead atoms.